The van der Waals surface area contributed by atoms with E-state index in [-0.39, 0.29) is 0 Å². The molecule has 2 aliphatic rings. The molecular weight excluding hydrogens is 492 g/mol. The second kappa shape index (κ2) is 31.4. The van der Waals surface area contributed by atoms with E-state index in [0.29, 0.717) is 0 Å². The lowest BCUT2D eigenvalue weighted by molar-refractivity contribution is 0.153. The van der Waals surface area contributed by atoms with Gasteiger partial charge < -0.3 is 0 Å². The molecule has 0 bridgehead atoms. The van der Waals surface area contributed by atoms with Gasteiger partial charge in [0, 0.05) is 0 Å². The summed E-state index contributed by atoms with van der Waals surface area (Å²) in [6, 6.07) is 0. The van der Waals surface area contributed by atoms with Gasteiger partial charge in [-0.2, -0.15) is 0 Å². The average Bonchev–Trinajstić information content (AvgIpc) is 3.54. The van der Waals surface area contributed by atoms with Crippen molar-refractivity contribution in [2.45, 2.75) is 202 Å². The fourth-order valence-corrected chi connectivity index (χ4v) is 4.48. The highest BCUT2D eigenvalue weighted by Gasteiger charge is 2.37. The van der Waals surface area contributed by atoms with Crippen LogP contribution >= 0.6 is 0 Å². The Morgan fingerprint density at radius 1 is 0.366 bits per heavy atom. The summed E-state index contributed by atoms with van der Waals surface area (Å²) >= 11 is 0. The molecule has 0 aromatic heterocycles. The molecule has 0 aromatic rings. The molecule has 0 radical (unpaired) electrons. The largest absolute Gasteiger partial charge is 0.0651 e. The lowest BCUT2D eigenvalue weighted by Crippen LogP contribution is -2.25. The Balaban J connectivity index is -0.000000216. The second-order valence-corrected chi connectivity index (χ2v) is 17.2. The molecule has 4 atom stereocenters. The van der Waals surface area contributed by atoms with Gasteiger partial charge in [0.25, 0.3) is 0 Å². The molecule has 0 N–H and O–H groups in total. The zero-order valence-electron chi connectivity index (χ0n) is 33.1. The van der Waals surface area contributed by atoms with Crippen molar-refractivity contribution in [2.24, 2.45) is 65.1 Å². The normalized spacial score (nSPS) is 20.6. The fraction of sp³-hybridized carbons (Fsp3) is 1.00. The lowest BCUT2D eigenvalue weighted by Gasteiger charge is -2.36. The van der Waals surface area contributed by atoms with Crippen LogP contribution in [0.4, 0.5) is 0 Å². The number of hydrogen-bond donors (Lipinski definition) is 0. The zero-order chi connectivity index (χ0) is 33.1. The maximum atomic E-state index is 2.36. The molecule has 2 rings (SSSR count). The van der Waals surface area contributed by atoms with Crippen molar-refractivity contribution in [3.63, 3.8) is 0 Å². The van der Waals surface area contributed by atoms with E-state index in [1.54, 1.807) is 25.7 Å². The van der Waals surface area contributed by atoms with E-state index >= 15 is 0 Å². The van der Waals surface area contributed by atoms with Gasteiger partial charge in [-0.05, 0) is 97.2 Å². The monoisotopic (exact) mass is 583 g/mol. The Bertz CT molecular complexity index is 410. The first-order valence-electron chi connectivity index (χ1n) is 18.8. The van der Waals surface area contributed by atoms with Gasteiger partial charge in [0.1, 0.15) is 0 Å². The van der Waals surface area contributed by atoms with E-state index in [2.05, 4.69) is 132 Å². The van der Waals surface area contributed by atoms with Gasteiger partial charge in [-0.15, -0.1) is 0 Å². The summed E-state index contributed by atoms with van der Waals surface area (Å²) in [5, 5.41) is 0. The topological polar surface area (TPSA) is 0 Å². The summed E-state index contributed by atoms with van der Waals surface area (Å²) < 4.78 is 0. The molecule has 0 amide bonds. The Labute approximate surface area is 266 Å². The van der Waals surface area contributed by atoms with E-state index in [1.807, 2.05) is 0 Å². The molecule has 2 saturated carbocycles. The number of hydrogen-bond acceptors (Lipinski definition) is 0. The van der Waals surface area contributed by atoms with Gasteiger partial charge in [0.05, 0.1) is 0 Å². The van der Waals surface area contributed by atoms with Crippen LogP contribution < -0.4 is 0 Å². The molecule has 0 spiro atoms. The zero-order valence-corrected chi connectivity index (χ0v) is 33.1. The van der Waals surface area contributed by atoms with Crippen molar-refractivity contribution in [1.82, 2.24) is 0 Å². The fourth-order valence-electron chi connectivity index (χ4n) is 4.48. The molecule has 2 fully saturated rings. The van der Waals surface area contributed by atoms with Gasteiger partial charge in [0.2, 0.25) is 0 Å². The van der Waals surface area contributed by atoms with Gasteiger partial charge in [0.15, 0.2) is 0 Å². The van der Waals surface area contributed by atoms with Crippen LogP contribution in [-0.2, 0) is 0 Å². The van der Waals surface area contributed by atoms with E-state index in [9.17, 15) is 0 Å². The van der Waals surface area contributed by atoms with E-state index < -0.39 is 0 Å². The molecule has 0 aliphatic heterocycles. The molecule has 0 heterocycles. The van der Waals surface area contributed by atoms with Crippen molar-refractivity contribution in [1.29, 1.82) is 0 Å². The van der Waals surface area contributed by atoms with Crippen molar-refractivity contribution >= 4 is 0 Å². The first-order valence-corrected chi connectivity index (χ1v) is 18.8. The standard InChI is InChI=1S/C13H24.2C8H18.3C4H10/c1-3-10-5-6-12(10)7-8-13-9-11(13)4-2;2*1-7(2)5-6-8(3)4;3*1-4(2)3/h10-13H,3-9H2,1-2H3;2*7-8H,5-6H2,1-4H3;3*4H,1-3H3. The molecular formula is C41H90. The molecule has 254 valence electrons. The smallest absolute Gasteiger partial charge is 0.0383 e. The van der Waals surface area contributed by atoms with Crippen molar-refractivity contribution in [2.75, 3.05) is 0 Å². The molecule has 0 nitrogen and oxygen atoms in total. The second-order valence-electron chi connectivity index (χ2n) is 17.2. The Kier molecular flexibility index (Phi) is 36.7. The average molecular weight is 583 g/mol. The van der Waals surface area contributed by atoms with Crippen LogP contribution in [0.15, 0.2) is 0 Å². The highest BCUT2D eigenvalue weighted by molar-refractivity contribution is 4.87. The molecule has 0 heteroatoms. The maximum Gasteiger partial charge on any atom is -0.0383 e. The summed E-state index contributed by atoms with van der Waals surface area (Å²) in [4.78, 5) is 0. The summed E-state index contributed by atoms with van der Waals surface area (Å²) in [5.74, 6) is 10.6. The third-order valence-corrected chi connectivity index (χ3v) is 7.24. The van der Waals surface area contributed by atoms with E-state index in [1.165, 1.54) is 44.9 Å². The summed E-state index contributed by atoms with van der Waals surface area (Å²) in [7, 11) is 0. The minimum atomic E-state index is 0.833. The molecule has 2 aliphatic carbocycles. The van der Waals surface area contributed by atoms with Crippen LogP contribution in [0.1, 0.15) is 202 Å². The van der Waals surface area contributed by atoms with Crippen molar-refractivity contribution in [3.8, 4) is 0 Å². The Morgan fingerprint density at radius 3 is 0.780 bits per heavy atom. The van der Waals surface area contributed by atoms with Crippen LogP contribution in [0.5, 0.6) is 0 Å². The third kappa shape index (κ3) is 50.0. The van der Waals surface area contributed by atoms with E-state index in [4.69, 9.17) is 0 Å². The highest BCUT2D eigenvalue weighted by atomic mass is 14.4. The first-order chi connectivity index (χ1) is 18.8. The Hall–Kier alpha value is 0. The quantitative estimate of drug-likeness (QED) is 0.227. The summed E-state index contributed by atoms with van der Waals surface area (Å²) in [6.07, 6.45) is 16.2. The molecule has 0 aromatic carbocycles. The first kappa shape index (κ1) is 47.9. The van der Waals surface area contributed by atoms with Gasteiger partial charge in [-0.3, -0.25) is 0 Å². The third-order valence-electron chi connectivity index (χ3n) is 7.24. The lowest BCUT2D eigenvalue weighted by atomic mass is 9.70. The predicted octanol–water partition coefficient (Wildman–Crippen LogP) is 15.4. The van der Waals surface area contributed by atoms with Crippen LogP contribution in [0.2, 0.25) is 0 Å². The maximum absolute atomic E-state index is 2.36. The van der Waals surface area contributed by atoms with Crippen molar-refractivity contribution < 1.29 is 0 Å². The minimum absolute atomic E-state index is 0.833. The van der Waals surface area contributed by atoms with Crippen LogP contribution in [0.25, 0.3) is 0 Å². The summed E-state index contributed by atoms with van der Waals surface area (Å²) in [5.41, 5.74) is 0. The predicted molar refractivity (Wildman–Crippen MR) is 197 cm³/mol. The highest BCUT2D eigenvalue weighted by Crippen LogP contribution is 2.48. The molecule has 4 unspecified atom stereocenters. The van der Waals surface area contributed by atoms with Crippen LogP contribution in [0.3, 0.4) is 0 Å². The van der Waals surface area contributed by atoms with Gasteiger partial charge in [-0.1, -0.05) is 170 Å². The van der Waals surface area contributed by atoms with E-state index in [0.717, 1.165) is 65.1 Å². The molecule has 0 saturated heterocycles. The molecule has 41 heavy (non-hydrogen) atoms. The van der Waals surface area contributed by atoms with Crippen molar-refractivity contribution in [3.05, 3.63) is 0 Å². The van der Waals surface area contributed by atoms with Crippen LogP contribution in [-0.4, -0.2) is 0 Å². The number of rotatable bonds is 11. The minimum Gasteiger partial charge on any atom is -0.0651 e. The van der Waals surface area contributed by atoms with Gasteiger partial charge in [-0.25, -0.2) is 0 Å². The SMILES string of the molecule is CC(C)C.CC(C)C.CC(C)C.CC(C)CCC(C)C.CC(C)CCC(C)C.CCC1CCC1CCC1CC1CC. The van der Waals surface area contributed by atoms with Crippen LogP contribution in [0, 0.1) is 65.1 Å². The summed E-state index contributed by atoms with van der Waals surface area (Å²) in [6.45, 7) is 42.5. The van der Waals surface area contributed by atoms with Gasteiger partial charge >= 0.3 is 0 Å². The Morgan fingerprint density at radius 2 is 0.610 bits per heavy atom.